The first kappa shape index (κ1) is 14.1. The van der Waals surface area contributed by atoms with E-state index in [1.165, 1.54) is 0 Å². The topological polar surface area (TPSA) is 70.1 Å². The highest BCUT2D eigenvalue weighted by Gasteiger charge is 2.17. The van der Waals surface area contributed by atoms with Crippen LogP contribution in [-0.4, -0.2) is 21.9 Å². The van der Waals surface area contributed by atoms with E-state index >= 15 is 0 Å². The Labute approximate surface area is 118 Å². The molecule has 20 heavy (non-hydrogen) atoms. The predicted molar refractivity (Wildman–Crippen MR) is 77.7 cm³/mol. The molecule has 1 unspecified atom stereocenters. The lowest BCUT2D eigenvalue weighted by Crippen LogP contribution is -2.20. The van der Waals surface area contributed by atoms with E-state index in [1.807, 2.05) is 32.9 Å². The van der Waals surface area contributed by atoms with Gasteiger partial charge in [-0.2, -0.15) is 5.10 Å². The van der Waals surface area contributed by atoms with Crippen LogP contribution in [0, 0.1) is 5.92 Å². The van der Waals surface area contributed by atoms with Crippen molar-refractivity contribution >= 4 is 11.7 Å². The van der Waals surface area contributed by atoms with Crippen LogP contribution in [0.4, 0.5) is 5.69 Å². The van der Waals surface area contributed by atoms with Crippen molar-refractivity contribution in [3.63, 3.8) is 0 Å². The van der Waals surface area contributed by atoms with Crippen LogP contribution < -0.4 is 5.73 Å². The standard InChI is InChI=1S/C15H19N3O2/c1-10(2)11(3)20-15(19)14-8-9-18(17-14)13-6-4-12(16)5-7-13/h4-11H,16H2,1-3H3. The summed E-state index contributed by atoms with van der Waals surface area (Å²) in [7, 11) is 0. The minimum atomic E-state index is -0.402. The lowest BCUT2D eigenvalue weighted by atomic mass is 10.1. The number of hydrogen-bond acceptors (Lipinski definition) is 4. The average molecular weight is 273 g/mol. The van der Waals surface area contributed by atoms with E-state index in [2.05, 4.69) is 5.10 Å². The van der Waals surface area contributed by atoms with Gasteiger partial charge in [-0.3, -0.25) is 0 Å². The number of aromatic nitrogens is 2. The van der Waals surface area contributed by atoms with Crippen LogP contribution in [0.25, 0.3) is 5.69 Å². The molecule has 0 spiro atoms. The maximum absolute atomic E-state index is 11.9. The molecule has 0 radical (unpaired) electrons. The number of hydrogen-bond donors (Lipinski definition) is 1. The number of ether oxygens (including phenoxy) is 1. The molecule has 1 aromatic carbocycles. The zero-order chi connectivity index (χ0) is 14.7. The number of carbonyl (C=O) groups is 1. The molecule has 0 aliphatic heterocycles. The third kappa shape index (κ3) is 3.17. The van der Waals surface area contributed by atoms with Crippen LogP contribution >= 0.6 is 0 Å². The summed E-state index contributed by atoms with van der Waals surface area (Å²) >= 11 is 0. The SMILES string of the molecule is CC(C)C(C)OC(=O)c1ccn(-c2ccc(N)cc2)n1. The number of carbonyl (C=O) groups excluding carboxylic acids is 1. The van der Waals surface area contributed by atoms with Gasteiger partial charge >= 0.3 is 5.97 Å². The summed E-state index contributed by atoms with van der Waals surface area (Å²) < 4.78 is 6.95. The number of anilines is 1. The largest absolute Gasteiger partial charge is 0.458 e. The van der Waals surface area contributed by atoms with E-state index in [-0.39, 0.29) is 12.0 Å². The minimum Gasteiger partial charge on any atom is -0.458 e. The van der Waals surface area contributed by atoms with Crippen LogP contribution in [0.1, 0.15) is 31.3 Å². The quantitative estimate of drug-likeness (QED) is 0.686. The smallest absolute Gasteiger partial charge is 0.359 e. The van der Waals surface area contributed by atoms with E-state index in [9.17, 15) is 4.79 Å². The highest BCUT2D eigenvalue weighted by Crippen LogP contribution is 2.12. The van der Waals surface area contributed by atoms with E-state index in [1.54, 1.807) is 29.1 Å². The van der Waals surface area contributed by atoms with Gasteiger partial charge in [0.05, 0.1) is 5.69 Å². The molecule has 0 amide bonds. The number of rotatable bonds is 4. The fourth-order valence-corrected chi connectivity index (χ4v) is 1.57. The Bertz CT molecular complexity index is 587. The number of nitrogens with two attached hydrogens (primary N) is 1. The molecule has 5 heteroatoms. The number of benzene rings is 1. The molecule has 2 rings (SSSR count). The van der Waals surface area contributed by atoms with Gasteiger partial charge in [0.1, 0.15) is 6.10 Å². The van der Waals surface area contributed by atoms with Gasteiger partial charge in [0.15, 0.2) is 5.69 Å². The highest BCUT2D eigenvalue weighted by molar-refractivity contribution is 5.87. The lowest BCUT2D eigenvalue weighted by molar-refractivity contribution is 0.0230. The van der Waals surface area contributed by atoms with Gasteiger partial charge in [-0.25, -0.2) is 9.48 Å². The highest BCUT2D eigenvalue weighted by atomic mass is 16.5. The first-order chi connectivity index (χ1) is 9.47. The van der Waals surface area contributed by atoms with Crippen molar-refractivity contribution < 1.29 is 9.53 Å². The van der Waals surface area contributed by atoms with Crippen molar-refractivity contribution in [1.29, 1.82) is 0 Å². The molecule has 0 aliphatic carbocycles. The van der Waals surface area contributed by atoms with Crippen LogP contribution in [-0.2, 0) is 4.74 Å². The molecule has 0 saturated carbocycles. The second-order valence-electron chi connectivity index (χ2n) is 5.09. The summed E-state index contributed by atoms with van der Waals surface area (Å²) in [5, 5.41) is 4.22. The maximum atomic E-state index is 11.9. The summed E-state index contributed by atoms with van der Waals surface area (Å²) in [6.07, 6.45) is 1.59. The van der Waals surface area contributed by atoms with Gasteiger partial charge < -0.3 is 10.5 Å². The lowest BCUT2D eigenvalue weighted by Gasteiger charge is -2.15. The van der Waals surface area contributed by atoms with Crippen molar-refractivity contribution in [3.8, 4) is 5.69 Å². The maximum Gasteiger partial charge on any atom is 0.359 e. The third-order valence-corrected chi connectivity index (χ3v) is 3.19. The number of nitrogen functional groups attached to an aromatic ring is 1. The average Bonchev–Trinajstić information content (AvgIpc) is 2.89. The molecular weight excluding hydrogens is 254 g/mol. The molecule has 1 heterocycles. The zero-order valence-electron chi connectivity index (χ0n) is 11.9. The van der Waals surface area contributed by atoms with Gasteiger partial charge in [-0.15, -0.1) is 0 Å². The van der Waals surface area contributed by atoms with Crippen LogP contribution in [0.3, 0.4) is 0 Å². The first-order valence-corrected chi connectivity index (χ1v) is 6.60. The van der Waals surface area contributed by atoms with E-state index in [4.69, 9.17) is 10.5 Å². The summed E-state index contributed by atoms with van der Waals surface area (Å²) in [6, 6.07) is 8.90. The molecule has 5 nitrogen and oxygen atoms in total. The van der Waals surface area contributed by atoms with E-state index < -0.39 is 5.97 Å². The molecule has 1 atom stereocenters. The van der Waals surface area contributed by atoms with Crippen molar-refractivity contribution in [2.24, 2.45) is 5.92 Å². The van der Waals surface area contributed by atoms with Crippen LogP contribution in [0.5, 0.6) is 0 Å². The Morgan fingerprint density at radius 1 is 1.20 bits per heavy atom. The Hall–Kier alpha value is -2.30. The summed E-state index contributed by atoms with van der Waals surface area (Å²) in [4.78, 5) is 11.9. The molecule has 1 aromatic heterocycles. The van der Waals surface area contributed by atoms with Crippen LogP contribution in [0.15, 0.2) is 36.5 Å². The van der Waals surface area contributed by atoms with Crippen molar-refractivity contribution in [2.45, 2.75) is 26.9 Å². The molecule has 106 valence electrons. The Kier molecular flexibility index (Phi) is 4.08. The fourth-order valence-electron chi connectivity index (χ4n) is 1.57. The number of nitrogens with zero attached hydrogens (tertiary/aromatic N) is 2. The second-order valence-corrected chi connectivity index (χ2v) is 5.09. The van der Waals surface area contributed by atoms with Gasteiger partial charge in [0.2, 0.25) is 0 Å². The Morgan fingerprint density at radius 3 is 2.45 bits per heavy atom. The van der Waals surface area contributed by atoms with Gasteiger partial charge in [-0.05, 0) is 43.2 Å². The van der Waals surface area contributed by atoms with Gasteiger partial charge in [0, 0.05) is 11.9 Å². The van der Waals surface area contributed by atoms with E-state index in [0.717, 1.165) is 5.69 Å². The monoisotopic (exact) mass is 273 g/mol. The fraction of sp³-hybridized carbons (Fsp3) is 0.333. The van der Waals surface area contributed by atoms with Crippen LogP contribution in [0.2, 0.25) is 0 Å². The minimum absolute atomic E-state index is 0.135. The van der Waals surface area contributed by atoms with Gasteiger partial charge in [-0.1, -0.05) is 13.8 Å². The van der Waals surface area contributed by atoms with Crippen molar-refractivity contribution in [2.75, 3.05) is 5.73 Å². The van der Waals surface area contributed by atoms with Gasteiger partial charge in [0.25, 0.3) is 0 Å². The van der Waals surface area contributed by atoms with Crippen molar-refractivity contribution in [1.82, 2.24) is 9.78 Å². The third-order valence-electron chi connectivity index (χ3n) is 3.19. The molecule has 0 bridgehead atoms. The zero-order valence-corrected chi connectivity index (χ0v) is 11.9. The van der Waals surface area contributed by atoms with Crippen molar-refractivity contribution in [3.05, 3.63) is 42.2 Å². The molecule has 2 N–H and O–H groups in total. The summed E-state index contributed by atoms with van der Waals surface area (Å²) in [6.45, 7) is 5.88. The summed E-state index contributed by atoms with van der Waals surface area (Å²) in [5.74, 6) is -0.126. The Balaban J connectivity index is 2.12. The predicted octanol–water partition coefficient (Wildman–Crippen LogP) is 2.66. The normalized spacial score (nSPS) is 12.4. The molecule has 0 saturated heterocycles. The first-order valence-electron chi connectivity index (χ1n) is 6.60. The Morgan fingerprint density at radius 2 is 1.85 bits per heavy atom. The summed E-state index contributed by atoms with van der Waals surface area (Å²) in [5.41, 5.74) is 7.47. The second kappa shape index (κ2) is 5.77. The number of esters is 1. The molecule has 0 fully saturated rings. The molecule has 2 aromatic rings. The molecule has 0 aliphatic rings. The van der Waals surface area contributed by atoms with E-state index in [0.29, 0.717) is 11.4 Å². The molecular formula is C15H19N3O2.